The molecule has 0 aliphatic carbocycles. The molecule has 1 fully saturated rings. The van der Waals surface area contributed by atoms with Crippen molar-refractivity contribution in [1.29, 1.82) is 0 Å². The summed E-state index contributed by atoms with van der Waals surface area (Å²) in [5.74, 6) is 0.728. The van der Waals surface area contributed by atoms with Crippen molar-refractivity contribution in [2.24, 2.45) is 0 Å². The van der Waals surface area contributed by atoms with Crippen molar-refractivity contribution in [3.05, 3.63) is 40.7 Å². The van der Waals surface area contributed by atoms with Crippen LogP contribution in [0, 0.1) is 6.92 Å². The first-order valence-corrected chi connectivity index (χ1v) is 10.3. The Kier molecular flexibility index (Phi) is 5.44. The van der Waals surface area contributed by atoms with Crippen LogP contribution in [0.2, 0.25) is 5.02 Å². The van der Waals surface area contributed by atoms with Crippen molar-refractivity contribution in [2.45, 2.75) is 13.1 Å². The third-order valence-electron chi connectivity index (χ3n) is 4.86. The Hall–Kier alpha value is -1.89. The molecule has 3 aromatic rings. The zero-order chi connectivity index (χ0) is 20.8. The summed E-state index contributed by atoms with van der Waals surface area (Å²) in [7, 11) is 0. The minimum absolute atomic E-state index is 0.0958. The maximum absolute atomic E-state index is 13.8. The number of aromatic nitrogens is 3. The van der Waals surface area contributed by atoms with Gasteiger partial charge in [-0.25, -0.2) is 0 Å². The number of aryl methyl sites for hydroxylation is 1. The van der Waals surface area contributed by atoms with Gasteiger partial charge in [-0.3, -0.25) is 0 Å². The molecule has 1 aromatic carbocycles. The van der Waals surface area contributed by atoms with Crippen LogP contribution in [0.3, 0.4) is 0 Å². The molecule has 0 unspecified atom stereocenters. The molecule has 5 nitrogen and oxygen atoms in total. The van der Waals surface area contributed by atoms with Crippen LogP contribution in [0.15, 0.2) is 24.5 Å². The topological polar surface area (TPSA) is 53.9 Å². The van der Waals surface area contributed by atoms with Gasteiger partial charge in [-0.05, 0) is 0 Å². The number of benzene rings is 1. The van der Waals surface area contributed by atoms with Gasteiger partial charge >= 0.3 is 179 Å². The summed E-state index contributed by atoms with van der Waals surface area (Å²) in [5.41, 5.74) is -0.158. The van der Waals surface area contributed by atoms with Crippen LogP contribution >= 0.6 is 11.6 Å². The van der Waals surface area contributed by atoms with Crippen LogP contribution in [-0.4, -0.2) is 58.0 Å². The molecule has 2 aromatic heterocycles. The van der Waals surface area contributed by atoms with Crippen LogP contribution in [0.5, 0.6) is 0 Å². The van der Waals surface area contributed by atoms with E-state index >= 15 is 0 Å². The number of nitrogens with zero attached hydrogens (tertiary/aromatic N) is 4. The fourth-order valence-corrected chi connectivity index (χ4v) is 4.45. The summed E-state index contributed by atoms with van der Waals surface area (Å²) in [4.78, 5) is 14.9. The Balaban J connectivity index is 1.92. The first-order valence-electron chi connectivity index (χ1n) is 8.94. The van der Waals surface area contributed by atoms with E-state index in [2.05, 4.69) is 42.0 Å². The van der Waals surface area contributed by atoms with E-state index in [1.54, 1.807) is 12.1 Å². The third-order valence-corrected chi connectivity index (χ3v) is 5.65. The van der Waals surface area contributed by atoms with Gasteiger partial charge in [0.1, 0.15) is 0 Å². The molecule has 1 saturated heterocycles. The van der Waals surface area contributed by atoms with Gasteiger partial charge in [0, 0.05) is 0 Å². The summed E-state index contributed by atoms with van der Waals surface area (Å²) in [6.45, 7) is 4.64. The van der Waals surface area contributed by atoms with E-state index < -0.39 is 11.7 Å². The summed E-state index contributed by atoms with van der Waals surface area (Å²) < 4.78 is 41.7. The van der Waals surface area contributed by atoms with Gasteiger partial charge in [-0.15, -0.1) is 0 Å². The first-order chi connectivity index (χ1) is 13.8. The van der Waals surface area contributed by atoms with Crippen LogP contribution in [0.1, 0.15) is 11.1 Å². The van der Waals surface area contributed by atoms with Crippen LogP contribution < -0.4 is 14.7 Å². The van der Waals surface area contributed by atoms with E-state index in [0.717, 1.165) is 32.0 Å². The number of hydrogen-bond donors (Lipinski definition) is 1. The van der Waals surface area contributed by atoms with E-state index in [0.29, 0.717) is 15.4 Å². The van der Waals surface area contributed by atoms with Crippen LogP contribution in [-0.2, 0) is 6.18 Å². The number of pyridine rings is 1. The SMILES string of the molecule is Cc1cc([As])nc(-c2cc3ncnc(N4CCNCC4)c3cc2Cl)c1C(F)(F)F. The number of piperazine rings is 1. The number of anilines is 1. The van der Waals surface area contributed by atoms with Gasteiger partial charge in [0.25, 0.3) is 0 Å². The molecule has 0 spiro atoms. The number of alkyl halides is 3. The molecule has 1 N–H and O–H groups in total. The molecule has 0 saturated carbocycles. The molecule has 29 heavy (non-hydrogen) atoms. The van der Waals surface area contributed by atoms with E-state index in [1.807, 2.05) is 0 Å². The molecule has 2 radical (unpaired) electrons. The molecule has 1 aliphatic heterocycles. The Morgan fingerprint density at radius 1 is 1.14 bits per heavy atom. The van der Waals surface area contributed by atoms with Crippen molar-refractivity contribution < 1.29 is 13.2 Å². The monoisotopic (exact) mass is 481 g/mol. The van der Waals surface area contributed by atoms with Crippen LogP contribution in [0.25, 0.3) is 22.2 Å². The number of nitrogens with one attached hydrogen (secondary N) is 1. The average molecular weight is 482 g/mol. The fourth-order valence-electron chi connectivity index (χ4n) is 3.58. The quantitative estimate of drug-likeness (QED) is 0.571. The van der Waals surface area contributed by atoms with Gasteiger partial charge in [0.15, 0.2) is 0 Å². The Labute approximate surface area is 179 Å². The van der Waals surface area contributed by atoms with E-state index in [4.69, 9.17) is 11.6 Å². The third kappa shape index (κ3) is 3.93. The van der Waals surface area contributed by atoms with Gasteiger partial charge < -0.3 is 0 Å². The van der Waals surface area contributed by atoms with Crippen molar-refractivity contribution in [3.63, 3.8) is 0 Å². The number of hydrogen-bond acceptors (Lipinski definition) is 5. The van der Waals surface area contributed by atoms with Gasteiger partial charge in [0.2, 0.25) is 0 Å². The van der Waals surface area contributed by atoms with Gasteiger partial charge in [-0.2, -0.15) is 0 Å². The summed E-state index contributed by atoms with van der Waals surface area (Å²) in [6, 6.07) is 4.60. The maximum atomic E-state index is 13.8. The molecule has 3 heterocycles. The molecule has 150 valence electrons. The predicted molar refractivity (Wildman–Crippen MR) is 108 cm³/mol. The summed E-state index contributed by atoms with van der Waals surface area (Å²) >= 11 is 8.65. The van der Waals surface area contributed by atoms with Gasteiger partial charge in [0.05, 0.1) is 0 Å². The Morgan fingerprint density at radius 2 is 1.86 bits per heavy atom. The number of rotatable bonds is 2. The second kappa shape index (κ2) is 7.74. The Bertz CT molecular complexity index is 1080. The van der Waals surface area contributed by atoms with Crippen molar-refractivity contribution >= 4 is 49.7 Å². The molecule has 0 amide bonds. The summed E-state index contributed by atoms with van der Waals surface area (Å²) in [5, 5.41) is 4.16. The molecule has 0 bridgehead atoms. The number of fused-ring (bicyclic) bond motifs is 1. The molecular weight excluding hydrogens is 466 g/mol. The standard InChI is InChI=1S/C19H16AsClF3N5/c1-10-6-15(20)28-17(16(10)19(22,23)24)11-8-14-12(7-13(11)21)18(27-9-26-14)29-4-2-25-3-5-29/h6-9,25H,2-5H2,1H3. The van der Waals surface area contributed by atoms with Crippen molar-refractivity contribution in [3.8, 4) is 11.3 Å². The first kappa shape index (κ1) is 20.4. The van der Waals surface area contributed by atoms with Gasteiger partial charge in [-0.1, -0.05) is 0 Å². The zero-order valence-electron chi connectivity index (χ0n) is 15.4. The normalized spacial score (nSPS) is 15.2. The van der Waals surface area contributed by atoms with Crippen LogP contribution in [0.4, 0.5) is 19.0 Å². The number of halogens is 4. The predicted octanol–water partition coefficient (Wildman–Crippen LogP) is 2.88. The molecule has 0 atom stereocenters. The zero-order valence-corrected chi connectivity index (χ0v) is 18.0. The van der Waals surface area contributed by atoms with E-state index in [9.17, 15) is 13.2 Å². The Morgan fingerprint density at radius 3 is 2.55 bits per heavy atom. The summed E-state index contributed by atoms with van der Waals surface area (Å²) in [6.07, 6.45) is -3.13. The van der Waals surface area contributed by atoms with Crippen molar-refractivity contribution in [1.82, 2.24) is 20.3 Å². The fraction of sp³-hybridized carbons (Fsp3) is 0.316. The molecule has 1 aliphatic rings. The van der Waals surface area contributed by atoms with E-state index in [-0.39, 0.29) is 21.8 Å². The second-order valence-electron chi connectivity index (χ2n) is 6.80. The molecule has 4 rings (SSSR count). The second-order valence-corrected chi connectivity index (χ2v) is 8.17. The molecular formula is C19H16AsClF3N5. The average Bonchev–Trinajstić information content (AvgIpc) is 2.66. The van der Waals surface area contributed by atoms with Crippen molar-refractivity contribution in [2.75, 3.05) is 31.1 Å². The minimum atomic E-state index is -4.55. The molecule has 10 heteroatoms. The van der Waals surface area contributed by atoms with E-state index in [1.165, 1.54) is 19.3 Å².